The van der Waals surface area contributed by atoms with Gasteiger partial charge < -0.3 is 9.67 Å². The number of amidine groups is 1. The van der Waals surface area contributed by atoms with Crippen LogP contribution in [0.25, 0.3) is 28.3 Å². The van der Waals surface area contributed by atoms with Gasteiger partial charge in [0.15, 0.2) is 5.84 Å². The Hall–Kier alpha value is -2.83. The maximum atomic E-state index is 9.71. The van der Waals surface area contributed by atoms with Gasteiger partial charge >= 0.3 is 0 Å². The third kappa shape index (κ3) is 3.18. The molecule has 0 aliphatic carbocycles. The van der Waals surface area contributed by atoms with Gasteiger partial charge in [-0.05, 0) is 55.5 Å². The van der Waals surface area contributed by atoms with Gasteiger partial charge in [-0.25, -0.2) is 0 Å². The van der Waals surface area contributed by atoms with Crippen molar-refractivity contribution < 1.29 is 10.3 Å². The largest absolute Gasteiger partial charge is 0.508 e. The highest BCUT2D eigenvalue weighted by atomic mass is 32.1. The van der Waals surface area contributed by atoms with E-state index in [0.717, 1.165) is 38.4 Å². The van der Waals surface area contributed by atoms with E-state index < -0.39 is 0 Å². The summed E-state index contributed by atoms with van der Waals surface area (Å²) in [7, 11) is 1.89. The van der Waals surface area contributed by atoms with Crippen LogP contribution in [0, 0.1) is 19.3 Å². The van der Waals surface area contributed by atoms with Gasteiger partial charge in [-0.2, -0.15) is 0 Å². The van der Waals surface area contributed by atoms with Crippen LogP contribution in [-0.2, 0) is 7.05 Å². The first-order valence-electron chi connectivity index (χ1n) is 8.59. The lowest BCUT2D eigenvalue weighted by atomic mass is 9.92. The van der Waals surface area contributed by atoms with Crippen molar-refractivity contribution in [2.24, 2.45) is 7.05 Å². The normalized spacial score (nSPS) is 11.3. The van der Waals surface area contributed by atoms with Crippen molar-refractivity contribution in [1.29, 1.82) is 5.41 Å². The number of hydroxylamine groups is 1. The first-order valence-corrected chi connectivity index (χ1v) is 9.47. The molecule has 0 saturated heterocycles. The molecule has 0 aliphatic heterocycles. The molecule has 140 valence electrons. The van der Waals surface area contributed by atoms with Gasteiger partial charge in [-0.3, -0.25) is 16.1 Å². The molecule has 0 fully saturated rings. The van der Waals surface area contributed by atoms with Crippen LogP contribution in [0.3, 0.4) is 0 Å². The zero-order valence-corrected chi connectivity index (χ0v) is 16.6. The predicted molar refractivity (Wildman–Crippen MR) is 112 cm³/mol. The summed E-state index contributed by atoms with van der Waals surface area (Å²) in [6.07, 6.45) is 3.95. The molecule has 0 radical (unpaired) electrons. The van der Waals surface area contributed by atoms with Gasteiger partial charge in [-0.15, -0.1) is 11.3 Å². The maximum Gasteiger partial charge on any atom is 0.167 e. The second kappa shape index (κ2) is 7.42. The molecule has 1 aromatic carbocycles. The molecule has 2 heterocycles. The number of nitrogens with one attached hydrogen (secondary N) is 2. The van der Waals surface area contributed by atoms with Crippen LogP contribution in [0.1, 0.15) is 28.8 Å². The molecule has 0 aliphatic rings. The first kappa shape index (κ1) is 18.9. The number of benzene rings is 1. The van der Waals surface area contributed by atoms with Crippen molar-refractivity contribution in [2.75, 3.05) is 0 Å². The highest BCUT2D eigenvalue weighted by Gasteiger charge is 2.27. The standard InChI is InChI=1S/C21H23N3O2S/c1-5-6-16-18(14-7-9-15(25)10-8-14)19(17-12(2)11-27-13(17)3)20(24(16)4)21(22)23-26/h5-11,25-26H,1-4H3,(H2,22,23). The van der Waals surface area contributed by atoms with E-state index >= 15 is 0 Å². The fourth-order valence-electron chi connectivity index (χ4n) is 3.51. The maximum absolute atomic E-state index is 9.71. The zero-order valence-electron chi connectivity index (χ0n) is 15.8. The lowest BCUT2D eigenvalue weighted by Gasteiger charge is -2.11. The number of rotatable bonds is 4. The molecular weight excluding hydrogens is 358 g/mol. The fourth-order valence-corrected chi connectivity index (χ4v) is 4.36. The number of nitrogens with zero attached hydrogens (tertiary/aromatic N) is 1. The third-order valence-corrected chi connectivity index (χ3v) is 5.71. The third-order valence-electron chi connectivity index (χ3n) is 4.68. The van der Waals surface area contributed by atoms with Crippen molar-refractivity contribution in [3.05, 3.63) is 57.6 Å². The number of aromatic hydroxyl groups is 1. The Bertz CT molecular complexity index is 1010. The van der Waals surface area contributed by atoms with Gasteiger partial charge in [0, 0.05) is 34.3 Å². The van der Waals surface area contributed by atoms with Crippen LogP contribution in [0.2, 0.25) is 0 Å². The summed E-state index contributed by atoms with van der Waals surface area (Å²) in [6.45, 7) is 6.07. The lowest BCUT2D eigenvalue weighted by Crippen LogP contribution is -2.22. The molecule has 3 rings (SSSR count). The van der Waals surface area contributed by atoms with E-state index in [1.54, 1.807) is 23.5 Å². The molecule has 0 saturated carbocycles. The summed E-state index contributed by atoms with van der Waals surface area (Å²) < 4.78 is 1.92. The number of hydrogen-bond donors (Lipinski definition) is 4. The molecule has 2 aromatic heterocycles. The number of aryl methyl sites for hydroxylation is 2. The second-order valence-electron chi connectivity index (χ2n) is 6.43. The summed E-state index contributed by atoms with van der Waals surface area (Å²) in [5.74, 6) is 0.144. The van der Waals surface area contributed by atoms with Crippen molar-refractivity contribution >= 4 is 23.2 Å². The van der Waals surface area contributed by atoms with E-state index in [1.165, 1.54) is 0 Å². The van der Waals surface area contributed by atoms with Crippen molar-refractivity contribution in [3.63, 3.8) is 0 Å². The minimum absolute atomic E-state index is 0.0618. The minimum atomic E-state index is -0.0618. The molecule has 0 bridgehead atoms. The quantitative estimate of drug-likeness (QED) is 0.289. The topological polar surface area (TPSA) is 81.3 Å². The molecule has 0 atom stereocenters. The van der Waals surface area contributed by atoms with Gasteiger partial charge in [-0.1, -0.05) is 18.2 Å². The first-order chi connectivity index (χ1) is 12.9. The van der Waals surface area contributed by atoms with Crippen LogP contribution < -0.4 is 5.48 Å². The number of phenolic OH excluding ortho intramolecular Hbond substituents is 1. The van der Waals surface area contributed by atoms with Crippen LogP contribution in [0.4, 0.5) is 0 Å². The van der Waals surface area contributed by atoms with Gasteiger partial charge in [0.05, 0.1) is 5.69 Å². The average Bonchev–Trinajstić information content (AvgIpc) is 3.12. The number of phenols is 1. The monoisotopic (exact) mass is 381 g/mol. The molecule has 4 N–H and O–H groups in total. The Kier molecular flexibility index (Phi) is 5.21. The van der Waals surface area contributed by atoms with Gasteiger partial charge in [0.25, 0.3) is 0 Å². The molecule has 5 nitrogen and oxygen atoms in total. The number of allylic oxidation sites excluding steroid dienone is 1. The molecule has 27 heavy (non-hydrogen) atoms. The van der Waals surface area contributed by atoms with Crippen molar-refractivity contribution in [2.45, 2.75) is 20.8 Å². The number of hydrogen-bond acceptors (Lipinski definition) is 4. The molecule has 3 aromatic rings. The Morgan fingerprint density at radius 1 is 1.15 bits per heavy atom. The van der Waals surface area contributed by atoms with E-state index in [1.807, 2.05) is 48.3 Å². The van der Waals surface area contributed by atoms with E-state index in [0.29, 0.717) is 5.69 Å². The summed E-state index contributed by atoms with van der Waals surface area (Å²) in [5.41, 5.74) is 8.56. The Labute approximate surface area is 162 Å². The van der Waals surface area contributed by atoms with Gasteiger partial charge in [0.1, 0.15) is 5.75 Å². The minimum Gasteiger partial charge on any atom is -0.508 e. The van der Waals surface area contributed by atoms with E-state index in [4.69, 9.17) is 5.41 Å². The Balaban J connectivity index is 2.49. The highest BCUT2D eigenvalue weighted by Crippen LogP contribution is 2.44. The summed E-state index contributed by atoms with van der Waals surface area (Å²) in [5, 5.41) is 29.6. The van der Waals surface area contributed by atoms with Crippen molar-refractivity contribution in [3.8, 4) is 28.0 Å². The van der Waals surface area contributed by atoms with E-state index in [2.05, 4.69) is 19.2 Å². The smallest absolute Gasteiger partial charge is 0.167 e. The molecular formula is C21H23N3O2S. The fraction of sp³-hybridized carbons (Fsp3) is 0.190. The van der Waals surface area contributed by atoms with Gasteiger partial charge in [0.2, 0.25) is 0 Å². The second-order valence-corrected chi connectivity index (χ2v) is 7.51. The number of thiophene rings is 1. The predicted octanol–water partition coefficient (Wildman–Crippen LogP) is 5.08. The zero-order chi connectivity index (χ0) is 19.7. The lowest BCUT2D eigenvalue weighted by molar-refractivity contribution is 0.233. The summed E-state index contributed by atoms with van der Waals surface area (Å²) in [6, 6.07) is 7.07. The van der Waals surface area contributed by atoms with Crippen LogP contribution in [-0.4, -0.2) is 20.7 Å². The van der Waals surface area contributed by atoms with Crippen LogP contribution >= 0.6 is 11.3 Å². The van der Waals surface area contributed by atoms with E-state index in [9.17, 15) is 10.3 Å². The molecule has 6 heteroatoms. The Morgan fingerprint density at radius 2 is 1.81 bits per heavy atom. The molecule has 0 spiro atoms. The molecule has 0 unspecified atom stereocenters. The molecule has 0 amide bonds. The Morgan fingerprint density at radius 3 is 2.33 bits per heavy atom. The van der Waals surface area contributed by atoms with Crippen LogP contribution in [0.5, 0.6) is 5.75 Å². The van der Waals surface area contributed by atoms with Crippen molar-refractivity contribution in [1.82, 2.24) is 10.0 Å². The number of aromatic nitrogens is 1. The average molecular weight is 382 g/mol. The van der Waals surface area contributed by atoms with E-state index in [-0.39, 0.29) is 11.6 Å². The highest BCUT2D eigenvalue weighted by molar-refractivity contribution is 7.10. The SMILES string of the molecule is CC=Cc1c(-c2ccc(O)cc2)c(-c2c(C)csc2C)c(C(=N)NO)n1C. The van der Waals surface area contributed by atoms with Crippen LogP contribution in [0.15, 0.2) is 35.7 Å². The summed E-state index contributed by atoms with van der Waals surface area (Å²) >= 11 is 1.67. The summed E-state index contributed by atoms with van der Waals surface area (Å²) in [4.78, 5) is 1.15.